The maximum Gasteiger partial charge on any atom is 0.323 e. The van der Waals surface area contributed by atoms with Crippen LogP contribution in [0.1, 0.15) is 16.7 Å². The average molecular weight is 701 g/mol. The predicted octanol–water partition coefficient (Wildman–Crippen LogP) is 7.10. The molecule has 5 rings (SSSR count). The molecule has 5 aromatic rings. The Morgan fingerprint density at radius 2 is 0.939 bits per heavy atom. The molecule has 14 heteroatoms. The van der Waals surface area contributed by atoms with Gasteiger partial charge in [-0.3, -0.25) is 0 Å². The number of anilines is 4. The Kier molecular flexibility index (Phi) is 10.8. The largest absolute Gasteiger partial charge is 0.382 e. The molecule has 0 bridgehead atoms. The summed E-state index contributed by atoms with van der Waals surface area (Å²) in [5.74, 6) is -0.553. The summed E-state index contributed by atoms with van der Waals surface area (Å²) >= 11 is 0. The Bertz CT molecular complexity index is 2160. The van der Waals surface area contributed by atoms with Crippen LogP contribution in [0, 0.1) is 6.92 Å². The van der Waals surface area contributed by atoms with E-state index in [0.29, 0.717) is 28.1 Å². The summed E-state index contributed by atoms with van der Waals surface area (Å²) in [6.07, 6.45) is 0. The van der Waals surface area contributed by atoms with Gasteiger partial charge in [-0.1, -0.05) is 78.9 Å². The van der Waals surface area contributed by atoms with Crippen molar-refractivity contribution in [2.45, 2.75) is 18.4 Å². The number of urea groups is 2. The minimum absolute atomic E-state index is 0.0347. The van der Waals surface area contributed by atoms with Gasteiger partial charge in [0.2, 0.25) is 0 Å². The van der Waals surface area contributed by atoms with E-state index in [2.05, 4.69) is 21.3 Å². The van der Waals surface area contributed by atoms with Crippen molar-refractivity contribution >= 4 is 55.0 Å². The molecule has 0 aliphatic carbocycles. The molecule has 0 unspecified atom stereocenters. The molecule has 0 aromatic heterocycles. The standard InChI is InChI=1S/C35H32N4O8S2/c1-25-18-19-30(38-34(40)36-28-14-8-16-31(20-28)46-48(42,43)23-26-10-4-2-5-11-26)22-33(25)39-35(41)37-29-15-9-17-32(21-29)47-49(44,45)24-27-12-6-3-7-13-27/h2-22H,23-24H2,1H3,(H2,36,38,40)(H2,37,39,41). The molecule has 0 atom stereocenters. The smallest absolute Gasteiger partial charge is 0.323 e. The highest BCUT2D eigenvalue weighted by molar-refractivity contribution is 7.86. The Morgan fingerprint density at radius 3 is 1.41 bits per heavy atom. The third kappa shape index (κ3) is 10.8. The lowest BCUT2D eigenvalue weighted by molar-refractivity contribution is 0.261. The second-order valence-corrected chi connectivity index (χ2v) is 13.9. The zero-order chi connectivity index (χ0) is 34.9. The number of aryl methyl sites for hydroxylation is 1. The number of hydrogen-bond acceptors (Lipinski definition) is 8. The molecule has 49 heavy (non-hydrogen) atoms. The van der Waals surface area contributed by atoms with Crippen molar-refractivity contribution in [3.8, 4) is 11.5 Å². The van der Waals surface area contributed by atoms with Gasteiger partial charge >= 0.3 is 32.3 Å². The van der Waals surface area contributed by atoms with Crippen molar-refractivity contribution in [1.82, 2.24) is 0 Å². The van der Waals surface area contributed by atoms with E-state index in [0.717, 1.165) is 0 Å². The molecule has 252 valence electrons. The van der Waals surface area contributed by atoms with Crippen molar-refractivity contribution < 1.29 is 34.8 Å². The first-order chi connectivity index (χ1) is 23.4. The number of carbonyl (C=O) groups excluding carboxylic acids is 2. The fourth-order valence-electron chi connectivity index (χ4n) is 4.57. The van der Waals surface area contributed by atoms with Gasteiger partial charge in [-0.05, 0) is 60.0 Å². The van der Waals surface area contributed by atoms with Crippen LogP contribution < -0.4 is 29.6 Å². The van der Waals surface area contributed by atoms with Crippen LogP contribution >= 0.6 is 0 Å². The molecular weight excluding hydrogens is 669 g/mol. The summed E-state index contributed by atoms with van der Waals surface area (Å²) in [5, 5.41) is 10.7. The van der Waals surface area contributed by atoms with E-state index >= 15 is 0 Å². The maximum atomic E-state index is 12.8. The highest BCUT2D eigenvalue weighted by Crippen LogP contribution is 2.24. The first-order valence-electron chi connectivity index (χ1n) is 14.8. The van der Waals surface area contributed by atoms with Crippen LogP contribution in [0.2, 0.25) is 0 Å². The second kappa shape index (κ2) is 15.4. The summed E-state index contributed by atoms with van der Waals surface area (Å²) in [6.45, 7) is 1.77. The Morgan fingerprint density at radius 1 is 0.510 bits per heavy atom. The van der Waals surface area contributed by atoms with Gasteiger partial charge in [-0.25, -0.2) is 9.59 Å². The number of amides is 4. The van der Waals surface area contributed by atoms with Gasteiger partial charge < -0.3 is 29.6 Å². The minimum atomic E-state index is -3.94. The maximum absolute atomic E-state index is 12.8. The summed E-state index contributed by atoms with van der Waals surface area (Å²) < 4.78 is 60.6. The van der Waals surface area contributed by atoms with E-state index in [1.54, 1.807) is 110 Å². The first kappa shape index (κ1) is 34.5. The lowest BCUT2D eigenvalue weighted by atomic mass is 10.2. The number of carbonyl (C=O) groups is 2. The van der Waals surface area contributed by atoms with Crippen LogP contribution in [0.4, 0.5) is 32.3 Å². The van der Waals surface area contributed by atoms with Gasteiger partial charge in [-0.15, -0.1) is 0 Å². The van der Waals surface area contributed by atoms with Crippen molar-refractivity contribution in [2.75, 3.05) is 21.3 Å². The SMILES string of the molecule is Cc1ccc(NC(=O)Nc2cccc(OS(=O)(=O)Cc3ccccc3)c2)cc1NC(=O)Nc1cccc(OS(=O)(=O)Cc2ccccc2)c1. The van der Waals surface area contributed by atoms with Crippen molar-refractivity contribution in [2.24, 2.45) is 0 Å². The van der Waals surface area contributed by atoms with Gasteiger partial charge in [0, 0.05) is 34.9 Å². The van der Waals surface area contributed by atoms with E-state index < -0.39 is 32.3 Å². The molecule has 4 amide bonds. The van der Waals surface area contributed by atoms with Crippen LogP contribution in [0.3, 0.4) is 0 Å². The molecule has 0 aliphatic rings. The zero-order valence-electron chi connectivity index (χ0n) is 26.1. The molecule has 4 N–H and O–H groups in total. The molecule has 0 saturated heterocycles. The molecule has 0 heterocycles. The van der Waals surface area contributed by atoms with Gasteiger partial charge in [-0.2, -0.15) is 16.8 Å². The van der Waals surface area contributed by atoms with Gasteiger partial charge in [0.05, 0.1) is 0 Å². The Balaban J connectivity index is 1.16. The first-order valence-corrected chi connectivity index (χ1v) is 18.0. The summed E-state index contributed by atoms with van der Waals surface area (Å²) in [7, 11) is -7.88. The second-order valence-electron chi connectivity index (χ2n) is 10.8. The summed E-state index contributed by atoms with van der Waals surface area (Å²) in [5.41, 5.74) is 3.18. The minimum Gasteiger partial charge on any atom is -0.382 e. The fraction of sp³-hybridized carbons (Fsp3) is 0.0857. The van der Waals surface area contributed by atoms with Crippen molar-refractivity contribution in [3.63, 3.8) is 0 Å². The molecule has 0 fully saturated rings. The molecular formula is C35H32N4O8S2. The predicted molar refractivity (Wildman–Crippen MR) is 189 cm³/mol. The molecule has 0 saturated carbocycles. The van der Waals surface area contributed by atoms with Crippen LogP contribution in [-0.4, -0.2) is 28.9 Å². The molecule has 5 aromatic carbocycles. The zero-order valence-corrected chi connectivity index (χ0v) is 27.8. The normalized spacial score (nSPS) is 11.2. The van der Waals surface area contributed by atoms with Crippen LogP contribution in [0.25, 0.3) is 0 Å². The average Bonchev–Trinajstić information content (AvgIpc) is 3.03. The van der Waals surface area contributed by atoms with E-state index in [4.69, 9.17) is 8.37 Å². The van der Waals surface area contributed by atoms with Crippen molar-refractivity contribution in [3.05, 3.63) is 144 Å². The van der Waals surface area contributed by atoms with E-state index in [-0.39, 0.29) is 34.4 Å². The third-order valence-electron chi connectivity index (χ3n) is 6.75. The lowest BCUT2D eigenvalue weighted by Crippen LogP contribution is -2.21. The van der Waals surface area contributed by atoms with Gasteiger partial charge in [0.1, 0.15) is 23.0 Å². The molecule has 0 aliphatic heterocycles. The highest BCUT2D eigenvalue weighted by Gasteiger charge is 2.16. The lowest BCUT2D eigenvalue weighted by Gasteiger charge is -2.14. The quantitative estimate of drug-likeness (QED) is 0.1000. The summed E-state index contributed by atoms with van der Waals surface area (Å²) in [4.78, 5) is 25.6. The number of rotatable bonds is 12. The summed E-state index contributed by atoms with van der Waals surface area (Å²) in [6, 6.07) is 32.8. The van der Waals surface area contributed by atoms with Crippen LogP contribution in [0.15, 0.2) is 127 Å². The highest BCUT2D eigenvalue weighted by atomic mass is 32.2. The van der Waals surface area contributed by atoms with E-state index in [1.807, 2.05) is 0 Å². The topological polar surface area (TPSA) is 169 Å². The van der Waals surface area contributed by atoms with Crippen LogP contribution in [0.5, 0.6) is 11.5 Å². The number of hydrogen-bond donors (Lipinski definition) is 4. The molecule has 0 radical (unpaired) electrons. The number of nitrogens with one attached hydrogen (secondary N) is 4. The molecule has 12 nitrogen and oxygen atoms in total. The van der Waals surface area contributed by atoms with E-state index in [9.17, 15) is 26.4 Å². The third-order valence-corrected chi connectivity index (χ3v) is 9.01. The van der Waals surface area contributed by atoms with Gasteiger partial charge in [0.15, 0.2) is 0 Å². The molecule has 0 spiro atoms. The monoisotopic (exact) mass is 700 g/mol. The van der Waals surface area contributed by atoms with Crippen molar-refractivity contribution in [1.29, 1.82) is 0 Å². The Hall–Kier alpha value is -5.86. The fourth-order valence-corrected chi connectivity index (χ4v) is 6.69. The number of benzene rings is 5. The Labute approximate surface area is 284 Å². The van der Waals surface area contributed by atoms with E-state index in [1.165, 1.54) is 24.3 Å². The van der Waals surface area contributed by atoms with Gasteiger partial charge in [0.25, 0.3) is 0 Å². The van der Waals surface area contributed by atoms with Crippen LogP contribution in [-0.2, 0) is 31.7 Å².